The highest BCUT2D eigenvalue weighted by molar-refractivity contribution is 5.78. The Bertz CT molecular complexity index is 1210. The van der Waals surface area contributed by atoms with Gasteiger partial charge in [-0.2, -0.15) is 0 Å². The minimum atomic E-state index is 0.0479. The summed E-state index contributed by atoms with van der Waals surface area (Å²) >= 11 is 0. The fraction of sp³-hybridized carbons (Fsp3) is 0.0870. The van der Waals surface area contributed by atoms with Gasteiger partial charge in [0.2, 0.25) is 0 Å². The van der Waals surface area contributed by atoms with Gasteiger partial charge < -0.3 is 4.42 Å². The van der Waals surface area contributed by atoms with E-state index in [2.05, 4.69) is 36.4 Å². The maximum atomic E-state index is 13.1. The van der Waals surface area contributed by atoms with E-state index in [1.807, 2.05) is 48.5 Å². The van der Waals surface area contributed by atoms with Crippen molar-refractivity contribution in [2.45, 2.75) is 5.92 Å². The molecule has 120 valence electrons. The average molecular weight is 324 g/mol. The molecule has 1 aromatic heterocycles. The molecule has 0 amide bonds. The second kappa shape index (κ2) is 5.45. The molecule has 2 heteroatoms. The Morgan fingerprint density at radius 2 is 1.64 bits per heavy atom. The van der Waals surface area contributed by atoms with Gasteiger partial charge in [0.05, 0.1) is 10.6 Å². The molecule has 5 rings (SSSR count). The molecule has 2 unspecified atom stereocenters. The van der Waals surface area contributed by atoms with Crippen LogP contribution in [0.1, 0.15) is 11.5 Å². The second-order valence-electron chi connectivity index (χ2n) is 6.50. The highest BCUT2D eigenvalue weighted by atomic mass is 16.3. The van der Waals surface area contributed by atoms with E-state index >= 15 is 0 Å². The smallest absolute Gasteiger partial charge is 0.200 e. The lowest BCUT2D eigenvalue weighted by atomic mass is 9.76. The minimum Gasteiger partial charge on any atom is -0.456 e. The second-order valence-corrected chi connectivity index (χ2v) is 6.50. The van der Waals surface area contributed by atoms with Crippen molar-refractivity contribution < 1.29 is 4.42 Å². The summed E-state index contributed by atoms with van der Waals surface area (Å²) in [6, 6.07) is 17.8. The summed E-state index contributed by atoms with van der Waals surface area (Å²) in [5, 5.41) is 1.32. The van der Waals surface area contributed by atoms with E-state index in [1.54, 1.807) is 0 Å². The molecule has 0 saturated carbocycles. The molecule has 3 aromatic rings. The molecule has 2 aromatic carbocycles. The fourth-order valence-electron chi connectivity index (χ4n) is 3.88. The Morgan fingerprint density at radius 1 is 0.840 bits per heavy atom. The summed E-state index contributed by atoms with van der Waals surface area (Å²) in [7, 11) is 0. The van der Waals surface area contributed by atoms with Crippen LogP contribution in [0.4, 0.5) is 0 Å². The van der Waals surface area contributed by atoms with Gasteiger partial charge in [0.1, 0.15) is 11.0 Å². The predicted octanol–water partition coefficient (Wildman–Crippen LogP) is 3.26. The van der Waals surface area contributed by atoms with Gasteiger partial charge in [0.25, 0.3) is 0 Å². The lowest BCUT2D eigenvalue weighted by molar-refractivity contribution is 0.541. The molecule has 0 saturated heterocycles. The van der Waals surface area contributed by atoms with Crippen LogP contribution in [0.3, 0.4) is 0 Å². The Morgan fingerprint density at radius 3 is 2.52 bits per heavy atom. The van der Waals surface area contributed by atoms with Crippen LogP contribution in [0.25, 0.3) is 22.6 Å². The van der Waals surface area contributed by atoms with Crippen molar-refractivity contribution in [2.75, 3.05) is 0 Å². The molecule has 0 bridgehead atoms. The number of benzene rings is 2. The molecular weight excluding hydrogens is 308 g/mol. The molecular formula is C23H16O2. The zero-order valence-electron chi connectivity index (χ0n) is 13.6. The third-order valence-corrected chi connectivity index (χ3v) is 5.08. The molecule has 0 fully saturated rings. The van der Waals surface area contributed by atoms with Crippen molar-refractivity contribution in [3.8, 4) is 0 Å². The number of allylic oxidation sites excluding steroid dienone is 4. The number of para-hydroxylation sites is 1. The number of hydrogen-bond donors (Lipinski definition) is 0. The Kier molecular flexibility index (Phi) is 3.10. The van der Waals surface area contributed by atoms with Crippen LogP contribution in [0.5, 0.6) is 0 Å². The number of hydrogen-bond acceptors (Lipinski definition) is 2. The quantitative estimate of drug-likeness (QED) is 0.688. The summed E-state index contributed by atoms with van der Waals surface area (Å²) in [6.07, 6.45) is 10.4. The van der Waals surface area contributed by atoms with Gasteiger partial charge in [-0.15, -0.1) is 0 Å². The first-order valence-corrected chi connectivity index (χ1v) is 8.51. The van der Waals surface area contributed by atoms with Crippen molar-refractivity contribution in [1.29, 1.82) is 0 Å². The summed E-state index contributed by atoms with van der Waals surface area (Å²) < 4.78 is 6.17. The molecule has 1 heterocycles. The maximum absolute atomic E-state index is 13.1. The molecule has 0 spiro atoms. The van der Waals surface area contributed by atoms with E-state index in [0.717, 1.165) is 5.57 Å². The Labute approximate surface area is 144 Å². The largest absolute Gasteiger partial charge is 0.456 e. The van der Waals surface area contributed by atoms with Crippen LogP contribution in [0, 0.1) is 5.92 Å². The normalized spacial score (nSPS) is 20.9. The van der Waals surface area contributed by atoms with Crippen LogP contribution >= 0.6 is 0 Å². The van der Waals surface area contributed by atoms with Gasteiger partial charge in [0, 0.05) is 17.4 Å². The van der Waals surface area contributed by atoms with Gasteiger partial charge in [-0.05, 0) is 17.7 Å². The van der Waals surface area contributed by atoms with Gasteiger partial charge in [0.15, 0.2) is 5.43 Å². The van der Waals surface area contributed by atoms with E-state index in [4.69, 9.17) is 4.42 Å². The summed E-state index contributed by atoms with van der Waals surface area (Å²) in [4.78, 5) is 13.1. The topological polar surface area (TPSA) is 30.2 Å². The Balaban J connectivity index is 1.91. The molecule has 2 nitrogen and oxygen atoms in total. The van der Waals surface area contributed by atoms with E-state index < -0.39 is 0 Å². The van der Waals surface area contributed by atoms with Crippen LogP contribution in [0.2, 0.25) is 0 Å². The summed E-state index contributed by atoms with van der Waals surface area (Å²) in [6.45, 7) is 0. The standard InChI is InChI=1S/C23H16O2/c24-22-18-12-6-7-13-21(18)25-23-17-11-5-4-10-16(17)19(14-20(22)23)15-8-2-1-3-9-15/h1-14,16,19H. The number of rotatable bonds is 1. The van der Waals surface area contributed by atoms with E-state index in [1.165, 1.54) is 5.56 Å². The van der Waals surface area contributed by atoms with Gasteiger partial charge in [-0.25, -0.2) is 0 Å². The third-order valence-electron chi connectivity index (χ3n) is 5.08. The SMILES string of the molecule is O=c1c2c(oc3ccccc13)=C1C=CC=CC1C(c1ccccc1)C=2. The molecule has 25 heavy (non-hydrogen) atoms. The highest BCUT2D eigenvalue weighted by Crippen LogP contribution is 2.36. The van der Waals surface area contributed by atoms with Gasteiger partial charge in [-0.1, -0.05) is 72.8 Å². The average Bonchev–Trinajstić information content (AvgIpc) is 2.68. The minimum absolute atomic E-state index is 0.0479. The molecule has 2 atom stereocenters. The van der Waals surface area contributed by atoms with Crippen LogP contribution < -0.4 is 16.1 Å². The Hall–Kier alpha value is -3.13. The first kappa shape index (κ1) is 14.2. The number of fused-ring (bicyclic) bond motifs is 3. The van der Waals surface area contributed by atoms with Crippen molar-refractivity contribution in [2.24, 2.45) is 5.92 Å². The van der Waals surface area contributed by atoms with Crippen molar-refractivity contribution in [1.82, 2.24) is 0 Å². The lowest BCUT2D eigenvalue weighted by Gasteiger charge is -2.27. The molecule has 2 aliphatic carbocycles. The van der Waals surface area contributed by atoms with Crippen molar-refractivity contribution in [3.05, 3.63) is 105 Å². The summed E-state index contributed by atoms with van der Waals surface area (Å²) in [5.74, 6) is 0.318. The van der Waals surface area contributed by atoms with E-state index in [0.29, 0.717) is 21.6 Å². The first-order valence-electron chi connectivity index (χ1n) is 8.51. The molecule has 0 radical (unpaired) electrons. The molecule has 0 aliphatic heterocycles. The maximum Gasteiger partial charge on any atom is 0.200 e. The van der Waals surface area contributed by atoms with E-state index in [-0.39, 0.29) is 17.3 Å². The van der Waals surface area contributed by atoms with Crippen LogP contribution in [-0.2, 0) is 0 Å². The first-order chi connectivity index (χ1) is 12.3. The zero-order chi connectivity index (χ0) is 16.8. The molecule has 0 N–H and O–H groups in total. The molecule has 2 aliphatic rings. The van der Waals surface area contributed by atoms with E-state index in [9.17, 15) is 4.79 Å². The van der Waals surface area contributed by atoms with Gasteiger partial charge >= 0.3 is 0 Å². The lowest BCUT2D eigenvalue weighted by Crippen LogP contribution is -2.44. The van der Waals surface area contributed by atoms with Crippen molar-refractivity contribution >= 4 is 22.6 Å². The van der Waals surface area contributed by atoms with Crippen LogP contribution in [0.15, 0.2) is 88.1 Å². The van der Waals surface area contributed by atoms with Crippen molar-refractivity contribution in [3.63, 3.8) is 0 Å². The van der Waals surface area contributed by atoms with Crippen LogP contribution in [-0.4, -0.2) is 0 Å². The zero-order valence-corrected chi connectivity index (χ0v) is 13.6. The third kappa shape index (κ3) is 2.14. The monoisotopic (exact) mass is 324 g/mol. The summed E-state index contributed by atoms with van der Waals surface area (Å²) in [5.41, 5.74) is 3.69. The van der Waals surface area contributed by atoms with Gasteiger partial charge in [-0.3, -0.25) is 4.79 Å². The predicted molar refractivity (Wildman–Crippen MR) is 101 cm³/mol. The highest BCUT2D eigenvalue weighted by Gasteiger charge is 2.28. The fourth-order valence-corrected chi connectivity index (χ4v) is 3.88.